The number of anilines is 2. The van der Waals surface area contributed by atoms with Crippen LogP contribution < -0.4 is 15.0 Å². The number of rotatable bonds is 6. The molecule has 0 saturated carbocycles. The summed E-state index contributed by atoms with van der Waals surface area (Å²) in [6, 6.07) is 16.2. The van der Waals surface area contributed by atoms with Crippen LogP contribution in [0.25, 0.3) is 0 Å². The summed E-state index contributed by atoms with van der Waals surface area (Å²) in [6.07, 6.45) is 4.83. The van der Waals surface area contributed by atoms with E-state index in [-0.39, 0.29) is 12.0 Å². The Kier molecular flexibility index (Phi) is 6.32. The van der Waals surface area contributed by atoms with E-state index in [1.165, 1.54) is 25.1 Å². The van der Waals surface area contributed by atoms with E-state index in [0.29, 0.717) is 18.2 Å². The normalized spacial score (nSPS) is 25.5. The minimum absolute atomic E-state index is 0.112. The van der Waals surface area contributed by atoms with Gasteiger partial charge in [-0.1, -0.05) is 0 Å². The third kappa shape index (κ3) is 4.76. The molecule has 1 amide bonds. The molecule has 1 unspecified atom stereocenters. The molecule has 3 aliphatic heterocycles. The lowest BCUT2D eigenvalue weighted by Gasteiger charge is -2.26. The molecule has 0 spiro atoms. The maximum absolute atomic E-state index is 12.7. The third-order valence-corrected chi connectivity index (χ3v) is 7.01. The summed E-state index contributed by atoms with van der Waals surface area (Å²) < 4.78 is 11.5. The molecular weight excluding hydrogens is 402 g/mol. The van der Waals surface area contributed by atoms with Crippen molar-refractivity contribution in [2.45, 2.75) is 37.8 Å². The van der Waals surface area contributed by atoms with Gasteiger partial charge in [0.2, 0.25) is 0 Å². The SMILES string of the molecule is CN1C[C@H]2CCN(c3ccc(NC(=O)c4ccc(OCC5CCCCO5)cc4)cc3)[C@H]2C1. The number of carbonyl (C=O) groups excluding carboxylic acids is 1. The zero-order valence-corrected chi connectivity index (χ0v) is 18.8. The smallest absolute Gasteiger partial charge is 0.255 e. The van der Waals surface area contributed by atoms with Gasteiger partial charge < -0.3 is 24.6 Å². The van der Waals surface area contributed by atoms with Crippen LogP contribution >= 0.6 is 0 Å². The molecule has 170 valence electrons. The van der Waals surface area contributed by atoms with Crippen molar-refractivity contribution < 1.29 is 14.3 Å². The molecule has 6 heteroatoms. The van der Waals surface area contributed by atoms with Crippen molar-refractivity contribution in [3.63, 3.8) is 0 Å². The number of fused-ring (bicyclic) bond motifs is 1. The van der Waals surface area contributed by atoms with E-state index in [2.05, 4.69) is 34.3 Å². The Morgan fingerprint density at radius 1 is 1.06 bits per heavy atom. The average molecular weight is 436 g/mol. The Hall–Kier alpha value is -2.57. The second-order valence-corrected chi connectivity index (χ2v) is 9.36. The van der Waals surface area contributed by atoms with E-state index in [0.717, 1.165) is 49.9 Å². The number of carbonyl (C=O) groups is 1. The number of hydrogen-bond acceptors (Lipinski definition) is 5. The first-order valence-corrected chi connectivity index (χ1v) is 11.9. The quantitative estimate of drug-likeness (QED) is 0.743. The first-order chi connectivity index (χ1) is 15.7. The van der Waals surface area contributed by atoms with E-state index in [1.54, 1.807) is 0 Å². The van der Waals surface area contributed by atoms with E-state index in [9.17, 15) is 4.79 Å². The molecule has 5 rings (SSSR count). The fourth-order valence-corrected chi connectivity index (χ4v) is 5.26. The van der Waals surface area contributed by atoms with Crippen LogP contribution in [-0.2, 0) is 4.74 Å². The Labute approximate surface area is 190 Å². The largest absolute Gasteiger partial charge is 0.491 e. The second-order valence-electron chi connectivity index (χ2n) is 9.36. The number of amides is 1. The fraction of sp³-hybridized carbons (Fsp3) is 0.500. The predicted octanol–water partition coefficient (Wildman–Crippen LogP) is 4.03. The van der Waals surface area contributed by atoms with Gasteiger partial charge in [-0.15, -0.1) is 0 Å². The highest BCUT2D eigenvalue weighted by molar-refractivity contribution is 6.04. The molecule has 0 aromatic heterocycles. The average Bonchev–Trinajstić information content (AvgIpc) is 3.38. The van der Waals surface area contributed by atoms with Crippen molar-refractivity contribution in [1.29, 1.82) is 0 Å². The van der Waals surface area contributed by atoms with Crippen LogP contribution in [0.2, 0.25) is 0 Å². The van der Waals surface area contributed by atoms with Crippen LogP contribution in [0.3, 0.4) is 0 Å². The molecule has 32 heavy (non-hydrogen) atoms. The van der Waals surface area contributed by atoms with Crippen LogP contribution in [-0.4, -0.2) is 62.8 Å². The highest BCUT2D eigenvalue weighted by atomic mass is 16.5. The molecule has 2 aromatic rings. The third-order valence-electron chi connectivity index (χ3n) is 7.01. The second kappa shape index (κ2) is 9.51. The minimum atomic E-state index is -0.112. The van der Waals surface area contributed by atoms with Gasteiger partial charge in [-0.3, -0.25) is 4.79 Å². The number of nitrogens with one attached hydrogen (secondary N) is 1. The molecule has 0 bridgehead atoms. The molecular formula is C26H33N3O3. The van der Waals surface area contributed by atoms with Crippen molar-refractivity contribution in [2.75, 3.05) is 50.1 Å². The first-order valence-electron chi connectivity index (χ1n) is 11.9. The number of nitrogens with zero attached hydrogens (tertiary/aromatic N) is 2. The Bertz CT molecular complexity index is 909. The van der Waals surface area contributed by atoms with Crippen molar-refractivity contribution >= 4 is 17.3 Å². The number of likely N-dealkylation sites (tertiary alicyclic amines) is 1. The Balaban J connectivity index is 1.14. The van der Waals surface area contributed by atoms with Gasteiger partial charge in [0, 0.05) is 49.2 Å². The van der Waals surface area contributed by atoms with E-state index in [4.69, 9.17) is 9.47 Å². The molecule has 3 aliphatic rings. The van der Waals surface area contributed by atoms with Gasteiger partial charge in [-0.2, -0.15) is 0 Å². The molecule has 1 N–H and O–H groups in total. The summed E-state index contributed by atoms with van der Waals surface area (Å²) in [5.74, 6) is 1.43. The van der Waals surface area contributed by atoms with E-state index < -0.39 is 0 Å². The molecule has 3 atom stereocenters. The molecule has 3 fully saturated rings. The van der Waals surface area contributed by atoms with Crippen LogP contribution in [0, 0.1) is 5.92 Å². The molecule has 0 radical (unpaired) electrons. The summed E-state index contributed by atoms with van der Waals surface area (Å²) in [6.45, 7) is 4.84. The van der Waals surface area contributed by atoms with Gasteiger partial charge in [0.05, 0.1) is 6.10 Å². The van der Waals surface area contributed by atoms with Crippen molar-refractivity contribution in [3.05, 3.63) is 54.1 Å². The lowest BCUT2D eigenvalue weighted by Crippen LogP contribution is -2.34. The molecule has 0 aliphatic carbocycles. The molecule has 3 saturated heterocycles. The maximum atomic E-state index is 12.7. The highest BCUT2D eigenvalue weighted by Crippen LogP contribution is 2.34. The van der Waals surface area contributed by atoms with Gasteiger partial charge in [0.25, 0.3) is 5.91 Å². The van der Waals surface area contributed by atoms with Gasteiger partial charge in [0.15, 0.2) is 0 Å². The monoisotopic (exact) mass is 435 g/mol. The lowest BCUT2D eigenvalue weighted by molar-refractivity contribution is -0.0110. The van der Waals surface area contributed by atoms with Gasteiger partial charge in [-0.05, 0) is 87.2 Å². The highest BCUT2D eigenvalue weighted by Gasteiger charge is 2.39. The number of hydrogen-bond donors (Lipinski definition) is 1. The van der Waals surface area contributed by atoms with Gasteiger partial charge >= 0.3 is 0 Å². The summed E-state index contributed by atoms with van der Waals surface area (Å²) in [4.78, 5) is 17.6. The molecule has 6 nitrogen and oxygen atoms in total. The van der Waals surface area contributed by atoms with Crippen LogP contribution in [0.5, 0.6) is 5.75 Å². The number of benzene rings is 2. The van der Waals surface area contributed by atoms with Crippen LogP contribution in [0.1, 0.15) is 36.0 Å². The summed E-state index contributed by atoms with van der Waals surface area (Å²) in [5.41, 5.74) is 2.67. The number of likely N-dealkylation sites (N-methyl/N-ethyl adjacent to an activating group) is 1. The Morgan fingerprint density at radius 2 is 1.88 bits per heavy atom. The topological polar surface area (TPSA) is 54.0 Å². The van der Waals surface area contributed by atoms with Crippen molar-refractivity contribution in [1.82, 2.24) is 4.90 Å². The molecule has 2 aromatic carbocycles. The van der Waals surface area contributed by atoms with Gasteiger partial charge in [-0.25, -0.2) is 0 Å². The minimum Gasteiger partial charge on any atom is -0.491 e. The summed E-state index contributed by atoms with van der Waals surface area (Å²) >= 11 is 0. The van der Waals surface area contributed by atoms with Crippen LogP contribution in [0.15, 0.2) is 48.5 Å². The molecule has 3 heterocycles. The Morgan fingerprint density at radius 3 is 2.62 bits per heavy atom. The zero-order valence-electron chi connectivity index (χ0n) is 18.8. The van der Waals surface area contributed by atoms with Gasteiger partial charge in [0.1, 0.15) is 12.4 Å². The van der Waals surface area contributed by atoms with Crippen LogP contribution in [0.4, 0.5) is 11.4 Å². The van der Waals surface area contributed by atoms with E-state index >= 15 is 0 Å². The maximum Gasteiger partial charge on any atom is 0.255 e. The predicted molar refractivity (Wildman–Crippen MR) is 127 cm³/mol. The number of ether oxygens (including phenoxy) is 2. The standard InChI is InChI=1S/C26H33N3O3/c1-28-16-20-13-14-29(25(20)17-28)22-9-7-21(8-10-22)27-26(30)19-5-11-23(12-6-19)32-18-24-4-2-3-15-31-24/h5-12,20,24-25H,2-4,13-18H2,1H3,(H,27,30)/t20-,24?,25+/m1/s1. The summed E-state index contributed by atoms with van der Waals surface area (Å²) in [7, 11) is 2.21. The zero-order chi connectivity index (χ0) is 21.9. The lowest BCUT2D eigenvalue weighted by atomic mass is 10.0. The van der Waals surface area contributed by atoms with E-state index in [1.807, 2.05) is 36.4 Å². The summed E-state index contributed by atoms with van der Waals surface area (Å²) in [5, 5.41) is 3.01. The fourth-order valence-electron chi connectivity index (χ4n) is 5.26. The van der Waals surface area contributed by atoms with Crippen molar-refractivity contribution in [3.8, 4) is 5.75 Å². The first kappa shape index (κ1) is 21.3. The van der Waals surface area contributed by atoms with Crippen molar-refractivity contribution in [2.24, 2.45) is 5.92 Å².